The summed E-state index contributed by atoms with van der Waals surface area (Å²) in [7, 11) is 1.61. The number of fused-ring (bicyclic) bond motifs is 1. The van der Waals surface area contributed by atoms with Crippen LogP contribution in [0.15, 0.2) is 79.3 Å². The van der Waals surface area contributed by atoms with E-state index in [1.54, 1.807) is 25.7 Å². The highest BCUT2D eigenvalue weighted by atomic mass is 16.5. The molecule has 2 fully saturated rings. The third-order valence-electron chi connectivity index (χ3n) is 8.68. The summed E-state index contributed by atoms with van der Waals surface area (Å²) >= 11 is 0. The molecule has 0 radical (unpaired) electrons. The van der Waals surface area contributed by atoms with Gasteiger partial charge in [0.15, 0.2) is 0 Å². The van der Waals surface area contributed by atoms with Gasteiger partial charge in [0.05, 0.1) is 32.1 Å². The molecule has 0 saturated carbocycles. The van der Waals surface area contributed by atoms with Gasteiger partial charge in [-0.25, -0.2) is 4.98 Å². The molecule has 11 nitrogen and oxygen atoms in total. The van der Waals surface area contributed by atoms with Gasteiger partial charge in [-0.05, 0) is 25.0 Å². The molecule has 0 N–H and O–H groups in total. The Morgan fingerprint density at radius 3 is 2.20 bits per heavy atom. The molecule has 4 heterocycles. The predicted molar refractivity (Wildman–Crippen MR) is 173 cm³/mol. The van der Waals surface area contributed by atoms with Gasteiger partial charge < -0.3 is 19.1 Å². The molecule has 2 atom stereocenters. The molecule has 11 heteroatoms. The van der Waals surface area contributed by atoms with Crippen molar-refractivity contribution in [2.24, 2.45) is 0 Å². The van der Waals surface area contributed by atoms with E-state index in [0.29, 0.717) is 50.3 Å². The lowest BCUT2D eigenvalue weighted by Gasteiger charge is -2.53. The maximum atomic E-state index is 13.5. The van der Waals surface area contributed by atoms with E-state index in [1.807, 2.05) is 18.7 Å². The third kappa shape index (κ3) is 6.80. The molecule has 0 spiro atoms. The summed E-state index contributed by atoms with van der Waals surface area (Å²) in [5.74, 6) is 0.915. The second-order valence-electron chi connectivity index (χ2n) is 11.5. The number of hydrogen-bond donors (Lipinski definition) is 0. The molecule has 2 aliphatic rings. The fraction of sp³-hybridized carbons (Fsp3) is 0.400. The summed E-state index contributed by atoms with van der Waals surface area (Å²) in [6, 6.07) is 21.9. The number of ether oxygens (including phenoxy) is 3. The molecule has 6 rings (SSSR count). The van der Waals surface area contributed by atoms with E-state index >= 15 is 0 Å². The minimum Gasteiger partial charge on any atom is -0.481 e. The number of amides is 1. The topological polar surface area (TPSA) is 106 Å². The first-order valence-corrected chi connectivity index (χ1v) is 15.9. The number of nitrogens with zero attached hydrogens (tertiary/aromatic N) is 7. The first-order valence-electron chi connectivity index (χ1n) is 15.9. The molecule has 2 aromatic heterocycles. The summed E-state index contributed by atoms with van der Waals surface area (Å²) in [5.41, 5.74) is 3.66. The van der Waals surface area contributed by atoms with E-state index < -0.39 is 0 Å². The van der Waals surface area contributed by atoms with Crippen molar-refractivity contribution < 1.29 is 19.0 Å². The first-order chi connectivity index (χ1) is 22.6. The predicted octanol–water partition coefficient (Wildman–Crippen LogP) is 3.92. The number of carbonyl (C=O) groups excluding carboxylic acids is 1. The van der Waals surface area contributed by atoms with Crippen LogP contribution in [0.5, 0.6) is 17.8 Å². The lowest BCUT2D eigenvalue weighted by Crippen LogP contribution is -2.67. The molecular weight excluding hydrogens is 582 g/mol. The van der Waals surface area contributed by atoms with Crippen molar-refractivity contribution in [1.82, 2.24) is 34.6 Å². The number of benzene rings is 2. The molecular formula is C35H41N7O4. The van der Waals surface area contributed by atoms with Gasteiger partial charge in [-0.1, -0.05) is 60.7 Å². The molecule has 2 aromatic carbocycles. The molecule has 1 amide bonds. The molecule has 240 valence electrons. The van der Waals surface area contributed by atoms with E-state index in [1.165, 1.54) is 11.1 Å². The number of methoxy groups -OCH3 is 1. The van der Waals surface area contributed by atoms with Crippen molar-refractivity contribution in [2.75, 3.05) is 53.0 Å². The second-order valence-corrected chi connectivity index (χ2v) is 11.5. The zero-order valence-corrected chi connectivity index (χ0v) is 26.7. The average Bonchev–Trinajstić information content (AvgIpc) is 3.10. The Balaban J connectivity index is 1.37. The largest absolute Gasteiger partial charge is 0.481 e. The summed E-state index contributed by atoms with van der Waals surface area (Å²) in [6.07, 6.45) is 4.69. The van der Waals surface area contributed by atoms with Crippen LogP contribution in [-0.4, -0.2) is 106 Å². The van der Waals surface area contributed by atoms with Crippen molar-refractivity contribution in [1.29, 1.82) is 0 Å². The number of aromatic nitrogens is 4. The van der Waals surface area contributed by atoms with Gasteiger partial charge in [-0.2, -0.15) is 9.97 Å². The molecule has 46 heavy (non-hydrogen) atoms. The standard InChI is InChI=1S/C35H41N7O4/c1-4-45-33-28(32(44-3)38-35(39-33)46-5-2)23-40-21-27-22-41(34(43)29-20-36-16-17-37-29)18-19-42(27)30(24-40)31(25-12-8-6-9-13-25)26-14-10-7-11-15-26/h6-17,20,27,30-31H,4-5,18-19,21-24H2,1-3H3/t27-,30+/m1/s1. The lowest BCUT2D eigenvalue weighted by molar-refractivity contribution is -0.0293. The molecule has 4 aromatic rings. The van der Waals surface area contributed by atoms with Gasteiger partial charge in [0, 0.05) is 69.7 Å². The smallest absolute Gasteiger partial charge is 0.323 e. The molecule has 2 saturated heterocycles. The second kappa shape index (κ2) is 14.7. The maximum Gasteiger partial charge on any atom is 0.323 e. The van der Waals surface area contributed by atoms with Crippen LogP contribution < -0.4 is 14.2 Å². The van der Waals surface area contributed by atoms with Crippen LogP contribution in [0.4, 0.5) is 0 Å². The van der Waals surface area contributed by atoms with E-state index in [0.717, 1.165) is 25.2 Å². The minimum atomic E-state index is -0.0932. The average molecular weight is 624 g/mol. The third-order valence-corrected chi connectivity index (χ3v) is 8.68. The summed E-state index contributed by atoms with van der Waals surface area (Å²) in [5, 5.41) is 0. The number of piperazine rings is 2. The van der Waals surface area contributed by atoms with Gasteiger partial charge in [-0.3, -0.25) is 19.6 Å². The van der Waals surface area contributed by atoms with Gasteiger partial charge in [-0.15, -0.1) is 0 Å². The van der Waals surface area contributed by atoms with Gasteiger partial charge in [0.1, 0.15) is 5.69 Å². The van der Waals surface area contributed by atoms with Crippen LogP contribution in [0.1, 0.15) is 46.9 Å². The van der Waals surface area contributed by atoms with Gasteiger partial charge in [0.2, 0.25) is 11.8 Å². The zero-order chi connectivity index (χ0) is 31.9. The minimum absolute atomic E-state index is 0.0770. The van der Waals surface area contributed by atoms with E-state index in [4.69, 9.17) is 14.2 Å². The Kier molecular flexibility index (Phi) is 10.00. The quantitative estimate of drug-likeness (QED) is 0.244. The van der Waals surface area contributed by atoms with Crippen molar-refractivity contribution in [2.45, 2.75) is 38.4 Å². The number of hydrogen-bond acceptors (Lipinski definition) is 10. The molecule has 2 aliphatic heterocycles. The van der Waals surface area contributed by atoms with Crippen LogP contribution in [-0.2, 0) is 6.54 Å². The van der Waals surface area contributed by atoms with Gasteiger partial charge >= 0.3 is 6.01 Å². The number of rotatable bonds is 11. The zero-order valence-electron chi connectivity index (χ0n) is 26.7. The number of carbonyl (C=O) groups is 1. The Bertz CT molecular complexity index is 1540. The highest BCUT2D eigenvalue weighted by Crippen LogP contribution is 2.37. The van der Waals surface area contributed by atoms with Crippen molar-refractivity contribution in [3.05, 3.63) is 102 Å². The molecule has 0 aliphatic carbocycles. The van der Waals surface area contributed by atoms with E-state index in [2.05, 4.69) is 90.4 Å². The van der Waals surface area contributed by atoms with Crippen molar-refractivity contribution in [3.8, 4) is 17.8 Å². The Hall–Kier alpha value is -4.61. The van der Waals surface area contributed by atoms with Crippen LogP contribution in [0.2, 0.25) is 0 Å². The van der Waals surface area contributed by atoms with Crippen LogP contribution in [0, 0.1) is 0 Å². The monoisotopic (exact) mass is 623 g/mol. The van der Waals surface area contributed by atoms with Crippen LogP contribution in [0.25, 0.3) is 0 Å². The van der Waals surface area contributed by atoms with Gasteiger partial charge in [0.25, 0.3) is 5.91 Å². The first kappa shape index (κ1) is 31.4. The maximum absolute atomic E-state index is 13.5. The van der Waals surface area contributed by atoms with E-state index in [-0.39, 0.29) is 29.9 Å². The normalized spacial score (nSPS) is 18.7. The highest BCUT2D eigenvalue weighted by Gasteiger charge is 2.43. The lowest BCUT2D eigenvalue weighted by atomic mass is 9.81. The molecule has 0 unspecified atom stereocenters. The molecule has 0 bridgehead atoms. The van der Waals surface area contributed by atoms with Crippen LogP contribution >= 0.6 is 0 Å². The van der Waals surface area contributed by atoms with Crippen molar-refractivity contribution >= 4 is 5.91 Å². The van der Waals surface area contributed by atoms with Crippen molar-refractivity contribution in [3.63, 3.8) is 0 Å². The Morgan fingerprint density at radius 2 is 1.57 bits per heavy atom. The summed E-state index contributed by atoms with van der Waals surface area (Å²) in [4.78, 5) is 38.0. The van der Waals surface area contributed by atoms with E-state index in [9.17, 15) is 4.79 Å². The summed E-state index contributed by atoms with van der Waals surface area (Å²) in [6.45, 7) is 8.69. The summed E-state index contributed by atoms with van der Waals surface area (Å²) < 4.78 is 17.4. The highest BCUT2D eigenvalue weighted by molar-refractivity contribution is 5.92. The fourth-order valence-electron chi connectivity index (χ4n) is 6.75. The SMILES string of the molecule is CCOc1nc(OC)c(CN2C[C@@H]3CN(C(=O)c4cnccn4)CCN3[C@H](C(c3ccccc3)c3ccccc3)C2)c(OCC)n1. The Labute approximate surface area is 270 Å². The Morgan fingerprint density at radius 1 is 0.870 bits per heavy atom. The van der Waals surface area contributed by atoms with Crippen LogP contribution in [0.3, 0.4) is 0 Å². The fourth-order valence-corrected chi connectivity index (χ4v) is 6.75.